The summed E-state index contributed by atoms with van der Waals surface area (Å²) < 4.78 is 5.99. The summed E-state index contributed by atoms with van der Waals surface area (Å²) in [4.78, 5) is 19.6. The van der Waals surface area contributed by atoms with Gasteiger partial charge in [-0.2, -0.15) is 5.10 Å². The van der Waals surface area contributed by atoms with Gasteiger partial charge >= 0.3 is 0 Å². The van der Waals surface area contributed by atoms with Gasteiger partial charge in [0.2, 0.25) is 0 Å². The quantitative estimate of drug-likeness (QED) is 0.245. The molecule has 184 valence electrons. The van der Waals surface area contributed by atoms with Gasteiger partial charge in [0.15, 0.2) is 5.65 Å². The number of aromatic nitrogens is 6. The zero-order chi connectivity index (χ0) is 25.5. The number of pyridine rings is 3. The van der Waals surface area contributed by atoms with E-state index in [0.717, 1.165) is 50.1 Å². The van der Waals surface area contributed by atoms with Crippen LogP contribution in [0.2, 0.25) is 0 Å². The minimum Gasteiger partial charge on any atom is -0.487 e. The van der Waals surface area contributed by atoms with Crippen LogP contribution >= 0.6 is 11.3 Å². The third kappa shape index (κ3) is 4.10. The standard InChI is InChI=1S/C30H22N6OS/c1-18-7-8-27(38-18)23-9-10-32-29-24(23)13-26(34-29)28-25-12-21(15-33-30(25)36-35-28)20-11-22(16-31-14-20)37-17-19-5-3-2-4-6-19/h2-16H,17H2,1H3,(H,32,34)(H,33,35,36). The van der Waals surface area contributed by atoms with Crippen molar-refractivity contribution in [3.63, 3.8) is 0 Å². The van der Waals surface area contributed by atoms with Crippen molar-refractivity contribution >= 4 is 33.4 Å². The summed E-state index contributed by atoms with van der Waals surface area (Å²) in [5.41, 5.74) is 7.35. The number of aromatic amines is 2. The molecule has 0 atom stereocenters. The Bertz CT molecular complexity index is 1900. The van der Waals surface area contributed by atoms with Crippen LogP contribution in [0.25, 0.3) is 55.0 Å². The van der Waals surface area contributed by atoms with Crippen LogP contribution in [-0.4, -0.2) is 30.1 Å². The summed E-state index contributed by atoms with van der Waals surface area (Å²) in [6.45, 7) is 2.60. The van der Waals surface area contributed by atoms with Gasteiger partial charge in [0.05, 0.1) is 11.9 Å². The van der Waals surface area contributed by atoms with Gasteiger partial charge in [0.1, 0.15) is 23.7 Å². The number of aryl methyl sites for hydroxylation is 1. The van der Waals surface area contributed by atoms with Gasteiger partial charge in [-0.15, -0.1) is 11.3 Å². The van der Waals surface area contributed by atoms with E-state index in [9.17, 15) is 0 Å². The molecule has 0 radical (unpaired) electrons. The molecule has 7 aromatic rings. The fraction of sp³-hybridized carbons (Fsp3) is 0.0667. The largest absolute Gasteiger partial charge is 0.487 e. The summed E-state index contributed by atoms with van der Waals surface area (Å²) in [6.07, 6.45) is 7.22. The molecule has 0 aliphatic rings. The first-order valence-electron chi connectivity index (χ1n) is 12.2. The summed E-state index contributed by atoms with van der Waals surface area (Å²) in [7, 11) is 0. The molecule has 0 saturated heterocycles. The van der Waals surface area contributed by atoms with E-state index in [-0.39, 0.29) is 0 Å². The van der Waals surface area contributed by atoms with Crippen LogP contribution in [0, 0.1) is 6.92 Å². The lowest BCUT2D eigenvalue weighted by Crippen LogP contribution is -1.96. The van der Waals surface area contributed by atoms with E-state index in [1.165, 1.54) is 9.75 Å². The van der Waals surface area contributed by atoms with Crippen LogP contribution in [0.3, 0.4) is 0 Å². The highest BCUT2D eigenvalue weighted by molar-refractivity contribution is 7.15. The number of benzene rings is 1. The third-order valence-electron chi connectivity index (χ3n) is 6.50. The van der Waals surface area contributed by atoms with Crippen molar-refractivity contribution in [1.29, 1.82) is 0 Å². The van der Waals surface area contributed by atoms with Crippen molar-refractivity contribution in [1.82, 2.24) is 30.1 Å². The topological polar surface area (TPSA) is 92.4 Å². The molecule has 0 bridgehead atoms. The monoisotopic (exact) mass is 514 g/mol. The molecule has 0 unspecified atom stereocenters. The predicted octanol–water partition coefficient (Wildman–Crippen LogP) is 7.18. The van der Waals surface area contributed by atoms with Crippen LogP contribution in [0.1, 0.15) is 10.4 Å². The molecule has 0 saturated carbocycles. The molecular formula is C30H22N6OS. The normalized spacial score (nSPS) is 11.4. The lowest BCUT2D eigenvalue weighted by molar-refractivity contribution is 0.305. The van der Waals surface area contributed by atoms with E-state index in [1.807, 2.05) is 55.0 Å². The lowest BCUT2D eigenvalue weighted by Gasteiger charge is -2.08. The second kappa shape index (κ2) is 9.24. The number of ether oxygens (including phenoxy) is 1. The highest BCUT2D eigenvalue weighted by atomic mass is 32.1. The van der Waals surface area contributed by atoms with Crippen LogP contribution < -0.4 is 4.74 Å². The summed E-state index contributed by atoms with van der Waals surface area (Å²) in [5, 5.41) is 9.65. The zero-order valence-electron chi connectivity index (χ0n) is 20.5. The maximum Gasteiger partial charge on any atom is 0.155 e. The Kier molecular flexibility index (Phi) is 5.44. The van der Waals surface area contributed by atoms with Crippen LogP contribution in [0.5, 0.6) is 5.75 Å². The van der Waals surface area contributed by atoms with Crippen LogP contribution in [-0.2, 0) is 6.61 Å². The van der Waals surface area contributed by atoms with E-state index in [4.69, 9.17) is 4.74 Å². The molecule has 0 spiro atoms. The van der Waals surface area contributed by atoms with Gasteiger partial charge in [0.25, 0.3) is 0 Å². The molecule has 6 aromatic heterocycles. The maximum absolute atomic E-state index is 5.99. The Morgan fingerprint density at radius 3 is 2.61 bits per heavy atom. The van der Waals surface area contributed by atoms with Crippen molar-refractivity contribution in [3.05, 3.63) is 102 Å². The highest BCUT2D eigenvalue weighted by Crippen LogP contribution is 2.36. The number of fused-ring (bicyclic) bond motifs is 2. The molecule has 0 fully saturated rings. The Hall–Kier alpha value is -4.82. The second-order valence-electron chi connectivity index (χ2n) is 9.09. The van der Waals surface area contributed by atoms with E-state index < -0.39 is 0 Å². The minimum atomic E-state index is 0.483. The molecular weight excluding hydrogens is 492 g/mol. The minimum absolute atomic E-state index is 0.483. The average molecular weight is 515 g/mol. The number of rotatable bonds is 6. The molecule has 7 rings (SSSR count). The zero-order valence-corrected chi connectivity index (χ0v) is 21.3. The third-order valence-corrected chi connectivity index (χ3v) is 7.54. The van der Waals surface area contributed by atoms with E-state index in [1.54, 1.807) is 17.5 Å². The van der Waals surface area contributed by atoms with Crippen molar-refractivity contribution in [2.24, 2.45) is 0 Å². The van der Waals surface area contributed by atoms with Gasteiger partial charge in [-0.05, 0) is 48.9 Å². The fourth-order valence-corrected chi connectivity index (χ4v) is 5.52. The lowest BCUT2D eigenvalue weighted by atomic mass is 10.1. The fourth-order valence-electron chi connectivity index (χ4n) is 4.61. The number of hydrogen-bond donors (Lipinski definition) is 2. The van der Waals surface area contributed by atoms with E-state index >= 15 is 0 Å². The molecule has 6 heterocycles. The summed E-state index contributed by atoms with van der Waals surface area (Å²) in [5.74, 6) is 0.705. The van der Waals surface area contributed by atoms with Crippen molar-refractivity contribution in [2.45, 2.75) is 13.5 Å². The molecule has 0 amide bonds. The molecule has 7 nitrogen and oxygen atoms in total. The number of hydrogen-bond acceptors (Lipinski definition) is 6. The van der Waals surface area contributed by atoms with Crippen molar-refractivity contribution in [3.8, 4) is 38.7 Å². The Morgan fingerprint density at radius 2 is 1.74 bits per heavy atom. The van der Waals surface area contributed by atoms with Crippen molar-refractivity contribution < 1.29 is 4.74 Å². The number of nitrogens with zero attached hydrogens (tertiary/aromatic N) is 4. The summed E-state index contributed by atoms with van der Waals surface area (Å²) >= 11 is 1.78. The SMILES string of the molecule is Cc1ccc(-c2ccnc3[nH]c(-c4n[nH]c5ncc(-c6cncc(OCc7ccccc7)c6)cc45)cc23)s1. The molecule has 0 aliphatic heterocycles. The van der Waals surface area contributed by atoms with Gasteiger partial charge < -0.3 is 9.72 Å². The summed E-state index contributed by atoms with van der Waals surface area (Å²) in [6, 6.07) is 22.6. The number of nitrogens with one attached hydrogen (secondary N) is 2. The van der Waals surface area contributed by atoms with Crippen LogP contribution in [0.15, 0.2) is 91.5 Å². The van der Waals surface area contributed by atoms with Crippen LogP contribution in [0.4, 0.5) is 0 Å². The number of thiophene rings is 1. The smallest absolute Gasteiger partial charge is 0.155 e. The average Bonchev–Trinajstić information content (AvgIpc) is 3.70. The van der Waals surface area contributed by atoms with Gasteiger partial charge in [0, 0.05) is 55.8 Å². The molecule has 38 heavy (non-hydrogen) atoms. The Balaban J connectivity index is 1.24. The molecule has 0 aliphatic carbocycles. The Labute approximate surface area is 222 Å². The molecule has 1 aromatic carbocycles. The van der Waals surface area contributed by atoms with Gasteiger partial charge in [-0.1, -0.05) is 30.3 Å². The first kappa shape index (κ1) is 22.4. The van der Waals surface area contributed by atoms with E-state index in [0.29, 0.717) is 18.0 Å². The van der Waals surface area contributed by atoms with Gasteiger partial charge in [-0.3, -0.25) is 10.1 Å². The first-order valence-corrected chi connectivity index (χ1v) is 13.0. The maximum atomic E-state index is 5.99. The second-order valence-corrected chi connectivity index (χ2v) is 10.4. The molecule has 8 heteroatoms. The van der Waals surface area contributed by atoms with E-state index in [2.05, 4.69) is 67.4 Å². The first-order chi connectivity index (χ1) is 18.7. The van der Waals surface area contributed by atoms with Crippen molar-refractivity contribution in [2.75, 3.05) is 0 Å². The van der Waals surface area contributed by atoms with Gasteiger partial charge in [-0.25, -0.2) is 9.97 Å². The highest BCUT2D eigenvalue weighted by Gasteiger charge is 2.16. The number of H-pyrrole nitrogens is 2. The molecule has 2 N–H and O–H groups in total. The predicted molar refractivity (Wildman–Crippen MR) is 151 cm³/mol. The Morgan fingerprint density at radius 1 is 0.842 bits per heavy atom.